The normalized spacial score (nSPS) is 19.2. The smallest absolute Gasteiger partial charge is 0.208 e. The number of oxazole rings is 1. The number of aliphatic hydroxyl groups excluding tert-OH is 1. The fraction of sp³-hybridized carbons (Fsp3) is 0.750. The van der Waals surface area contributed by atoms with Gasteiger partial charge in [-0.15, -0.1) is 0 Å². The molecule has 0 unspecified atom stereocenters. The number of aromatic nitrogens is 1. The van der Waals surface area contributed by atoms with Crippen LogP contribution < -0.4 is 5.32 Å². The lowest BCUT2D eigenvalue weighted by Crippen LogP contribution is -2.45. The summed E-state index contributed by atoms with van der Waals surface area (Å²) in [5.41, 5.74) is 0.845. The van der Waals surface area contributed by atoms with E-state index in [0.717, 1.165) is 30.2 Å². The minimum atomic E-state index is -0.101. The molecule has 0 aliphatic heterocycles. The van der Waals surface area contributed by atoms with E-state index in [0.29, 0.717) is 6.54 Å². The minimum absolute atomic E-state index is 0.101. The zero-order chi connectivity index (χ0) is 11.6. The lowest BCUT2D eigenvalue weighted by atomic mass is 9.99. The van der Waals surface area contributed by atoms with Gasteiger partial charge in [0.05, 0.1) is 18.8 Å². The topological polar surface area (TPSA) is 58.3 Å². The first-order valence-corrected chi connectivity index (χ1v) is 5.94. The zero-order valence-electron chi connectivity index (χ0n) is 10.0. The zero-order valence-corrected chi connectivity index (χ0v) is 10.0. The van der Waals surface area contributed by atoms with Gasteiger partial charge in [0.25, 0.3) is 0 Å². The molecular weight excluding hydrogens is 204 g/mol. The predicted molar refractivity (Wildman–Crippen MR) is 61.1 cm³/mol. The number of nitrogens with one attached hydrogen (secondary N) is 1. The molecule has 1 aliphatic rings. The van der Waals surface area contributed by atoms with E-state index in [9.17, 15) is 5.11 Å². The molecule has 1 saturated carbocycles. The predicted octanol–water partition coefficient (Wildman–Crippen LogP) is 1.69. The lowest BCUT2D eigenvalue weighted by Gasteiger charge is -2.27. The molecule has 1 aliphatic carbocycles. The molecule has 90 valence electrons. The molecule has 1 aromatic rings. The standard InChI is InChI=1S/C12H20N2O2/c1-9-10(2)16-11(14-9)7-13-12(8-15)5-3-4-6-12/h13,15H,3-8H2,1-2H3. The summed E-state index contributed by atoms with van der Waals surface area (Å²) in [6.45, 7) is 4.67. The van der Waals surface area contributed by atoms with Crippen molar-refractivity contribution in [2.45, 2.75) is 51.6 Å². The van der Waals surface area contributed by atoms with E-state index in [-0.39, 0.29) is 12.1 Å². The largest absolute Gasteiger partial charge is 0.444 e. The Morgan fingerprint density at radius 1 is 1.38 bits per heavy atom. The van der Waals surface area contributed by atoms with Crippen molar-refractivity contribution in [3.8, 4) is 0 Å². The Balaban J connectivity index is 1.95. The highest BCUT2D eigenvalue weighted by Crippen LogP contribution is 2.29. The average Bonchev–Trinajstić information content (AvgIpc) is 2.85. The first kappa shape index (κ1) is 11.6. The number of hydrogen-bond acceptors (Lipinski definition) is 4. The third kappa shape index (κ3) is 2.28. The molecule has 4 heteroatoms. The molecule has 0 spiro atoms. The first-order valence-electron chi connectivity index (χ1n) is 5.94. The van der Waals surface area contributed by atoms with Gasteiger partial charge in [0, 0.05) is 5.54 Å². The molecule has 0 bridgehead atoms. The second-order valence-electron chi connectivity index (χ2n) is 4.75. The number of aryl methyl sites for hydroxylation is 2. The first-order chi connectivity index (χ1) is 7.65. The summed E-state index contributed by atoms with van der Waals surface area (Å²) >= 11 is 0. The van der Waals surface area contributed by atoms with Crippen molar-refractivity contribution in [2.75, 3.05) is 6.61 Å². The highest BCUT2D eigenvalue weighted by Gasteiger charge is 2.32. The van der Waals surface area contributed by atoms with Crippen LogP contribution in [0.15, 0.2) is 4.42 Å². The quantitative estimate of drug-likeness (QED) is 0.817. The Morgan fingerprint density at radius 3 is 2.56 bits per heavy atom. The summed E-state index contributed by atoms with van der Waals surface area (Å²) in [4.78, 5) is 4.33. The Bertz CT molecular complexity index is 334. The van der Waals surface area contributed by atoms with Crippen molar-refractivity contribution in [1.82, 2.24) is 10.3 Å². The fourth-order valence-electron chi connectivity index (χ4n) is 2.32. The van der Waals surface area contributed by atoms with Gasteiger partial charge in [-0.1, -0.05) is 12.8 Å². The molecule has 0 aromatic carbocycles. The van der Waals surface area contributed by atoms with E-state index < -0.39 is 0 Å². The maximum Gasteiger partial charge on any atom is 0.208 e. The van der Waals surface area contributed by atoms with Gasteiger partial charge in [0.1, 0.15) is 5.76 Å². The second-order valence-corrected chi connectivity index (χ2v) is 4.75. The molecule has 1 aromatic heterocycles. The van der Waals surface area contributed by atoms with Gasteiger partial charge in [-0.25, -0.2) is 4.98 Å². The summed E-state index contributed by atoms with van der Waals surface area (Å²) < 4.78 is 5.51. The molecule has 1 fully saturated rings. The van der Waals surface area contributed by atoms with Crippen molar-refractivity contribution >= 4 is 0 Å². The molecule has 0 saturated heterocycles. The molecule has 0 radical (unpaired) electrons. The number of hydrogen-bond donors (Lipinski definition) is 2. The summed E-state index contributed by atoms with van der Waals surface area (Å²) in [6, 6.07) is 0. The van der Waals surface area contributed by atoms with Crippen LogP contribution in [0.3, 0.4) is 0 Å². The van der Waals surface area contributed by atoms with Crippen LogP contribution in [0.25, 0.3) is 0 Å². The lowest BCUT2D eigenvalue weighted by molar-refractivity contribution is 0.159. The van der Waals surface area contributed by atoms with Crippen LogP contribution in [0.2, 0.25) is 0 Å². The second kappa shape index (κ2) is 4.55. The Morgan fingerprint density at radius 2 is 2.06 bits per heavy atom. The maximum absolute atomic E-state index is 9.44. The summed E-state index contributed by atoms with van der Waals surface area (Å²) in [5, 5.41) is 12.8. The highest BCUT2D eigenvalue weighted by molar-refractivity contribution is 5.05. The highest BCUT2D eigenvalue weighted by atomic mass is 16.4. The van der Waals surface area contributed by atoms with Crippen LogP contribution in [0.1, 0.15) is 43.0 Å². The van der Waals surface area contributed by atoms with Gasteiger partial charge in [-0.3, -0.25) is 0 Å². The van der Waals surface area contributed by atoms with Crippen LogP contribution in [-0.2, 0) is 6.54 Å². The minimum Gasteiger partial charge on any atom is -0.444 e. The van der Waals surface area contributed by atoms with E-state index >= 15 is 0 Å². The van der Waals surface area contributed by atoms with Crippen LogP contribution in [0, 0.1) is 13.8 Å². The molecule has 0 atom stereocenters. The van der Waals surface area contributed by atoms with E-state index in [1.165, 1.54) is 12.8 Å². The molecule has 2 N–H and O–H groups in total. The van der Waals surface area contributed by atoms with Crippen molar-refractivity contribution in [2.24, 2.45) is 0 Å². The van der Waals surface area contributed by atoms with Crippen LogP contribution >= 0.6 is 0 Å². The van der Waals surface area contributed by atoms with E-state index in [1.54, 1.807) is 0 Å². The third-order valence-electron chi connectivity index (χ3n) is 3.55. The van der Waals surface area contributed by atoms with Gasteiger partial charge in [-0.05, 0) is 26.7 Å². The van der Waals surface area contributed by atoms with Crippen LogP contribution in [0.5, 0.6) is 0 Å². The van der Waals surface area contributed by atoms with Crippen molar-refractivity contribution in [3.05, 3.63) is 17.3 Å². The van der Waals surface area contributed by atoms with Gasteiger partial charge < -0.3 is 14.8 Å². The number of rotatable bonds is 4. The third-order valence-corrected chi connectivity index (χ3v) is 3.55. The molecule has 4 nitrogen and oxygen atoms in total. The van der Waals surface area contributed by atoms with E-state index in [2.05, 4.69) is 10.3 Å². The van der Waals surface area contributed by atoms with Crippen molar-refractivity contribution in [1.29, 1.82) is 0 Å². The van der Waals surface area contributed by atoms with Crippen molar-refractivity contribution < 1.29 is 9.52 Å². The van der Waals surface area contributed by atoms with E-state index in [4.69, 9.17) is 4.42 Å². The van der Waals surface area contributed by atoms with Crippen molar-refractivity contribution in [3.63, 3.8) is 0 Å². The molecule has 2 rings (SSSR count). The van der Waals surface area contributed by atoms with Crippen LogP contribution in [0.4, 0.5) is 0 Å². The molecule has 16 heavy (non-hydrogen) atoms. The van der Waals surface area contributed by atoms with E-state index in [1.807, 2.05) is 13.8 Å². The molecule has 1 heterocycles. The summed E-state index contributed by atoms with van der Waals surface area (Å²) in [7, 11) is 0. The summed E-state index contributed by atoms with van der Waals surface area (Å²) in [5.74, 6) is 1.59. The summed E-state index contributed by atoms with van der Waals surface area (Å²) in [6.07, 6.45) is 4.47. The molecular formula is C12H20N2O2. The Labute approximate surface area is 96.1 Å². The SMILES string of the molecule is Cc1nc(CNC2(CO)CCCC2)oc1C. The fourth-order valence-corrected chi connectivity index (χ4v) is 2.32. The maximum atomic E-state index is 9.44. The van der Waals surface area contributed by atoms with Crippen LogP contribution in [-0.4, -0.2) is 22.2 Å². The average molecular weight is 224 g/mol. The molecule has 0 amide bonds. The van der Waals surface area contributed by atoms with Gasteiger partial charge in [-0.2, -0.15) is 0 Å². The Kier molecular flexibility index (Phi) is 3.30. The monoisotopic (exact) mass is 224 g/mol. The van der Waals surface area contributed by atoms with Gasteiger partial charge >= 0.3 is 0 Å². The number of nitrogens with zero attached hydrogens (tertiary/aromatic N) is 1. The Hall–Kier alpha value is -0.870. The van der Waals surface area contributed by atoms with Gasteiger partial charge in [0.15, 0.2) is 0 Å². The van der Waals surface area contributed by atoms with Gasteiger partial charge in [0.2, 0.25) is 5.89 Å². The number of aliphatic hydroxyl groups is 1.